The molecule has 0 unspecified atom stereocenters. The van der Waals surface area contributed by atoms with Crippen LogP contribution in [0.5, 0.6) is 0 Å². The van der Waals surface area contributed by atoms with Crippen molar-refractivity contribution in [1.29, 1.82) is 0 Å². The second-order valence-electron chi connectivity index (χ2n) is 5.89. The van der Waals surface area contributed by atoms with Gasteiger partial charge in [0, 0.05) is 0 Å². The maximum absolute atomic E-state index is 11.6. The van der Waals surface area contributed by atoms with E-state index in [9.17, 15) is 9.59 Å². The van der Waals surface area contributed by atoms with Crippen molar-refractivity contribution in [3.63, 3.8) is 0 Å². The highest BCUT2D eigenvalue weighted by Gasteiger charge is 2.35. The first kappa shape index (κ1) is 19.9. The van der Waals surface area contributed by atoms with Crippen molar-refractivity contribution in [2.45, 2.75) is 52.7 Å². The van der Waals surface area contributed by atoms with E-state index >= 15 is 0 Å². The highest BCUT2D eigenvalue weighted by atomic mass is 79.9. The van der Waals surface area contributed by atoms with E-state index in [-0.39, 0.29) is 0 Å². The van der Waals surface area contributed by atoms with Gasteiger partial charge in [0.1, 0.15) is 11.2 Å². The van der Waals surface area contributed by atoms with Gasteiger partial charge in [-0.15, -0.1) is 0 Å². The highest BCUT2D eigenvalue weighted by Crippen LogP contribution is 2.15. The van der Waals surface area contributed by atoms with Crippen LogP contribution in [0.1, 0.15) is 41.5 Å². The molecule has 0 aromatic carbocycles. The van der Waals surface area contributed by atoms with Gasteiger partial charge in [0.2, 0.25) is 0 Å². The zero-order chi connectivity index (χ0) is 16.1. The average molecular weight is 416 g/mol. The SMILES string of the molecule is CC(C)(C)OC(=O)B(Br)OOB(Br)C(=O)OC(C)(C)C. The summed E-state index contributed by atoms with van der Waals surface area (Å²) in [5, 5.41) is 0. The lowest BCUT2D eigenvalue weighted by molar-refractivity contribution is -0.102. The average Bonchev–Trinajstić information content (AvgIpc) is 2.20. The van der Waals surface area contributed by atoms with Gasteiger partial charge in [-0.05, 0) is 41.5 Å². The van der Waals surface area contributed by atoms with Gasteiger partial charge in [-0.2, -0.15) is 0 Å². The standard InChI is InChI=1S/C10H18B2Br2O6/c1-9(2,3)17-7(15)11(13)19-20-12(14)8(16)18-10(4,5)6/h1-6H3. The number of halogens is 2. The van der Waals surface area contributed by atoms with Gasteiger partial charge in [0.15, 0.2) is 0 Å². The van der Waals surface area contributed by atoms with Gasteiger partial charge in [-0.3, -0.25) is 19.2 Å². The van der Waals surface area contributed by atoms with Crippen LogP contribution in [0.2, 0.25) is 0 Å². The van der Waals surface area contributed by atoms with Crippen molar-refractivity contribution in [2.75, 3.05) is 0 Å². The molecule has 0 atom stereocenters. The van der Waals surface area contributed by atoms with E-state index in [0.717, 1.165) is 0 Å². The minimum atomic E-state index is -1.15. The molecule has 0 aliphatic rings. The van der Waals surface area contributed by atoms with Crippen molar-refractivity contribution in [3.8, 4) is 0 Å². The van der Waals surface area contributed by atoms with Crippen LogP contribution in [-0.4, -0.2) is 34.4 Å². The monoisotopic (exact) mass is 414 g/mol. The fraction of sp³-hybridized carbons (Fsp3) is 0.800. The first-order valence-electron chi connectivity index (χ1n) is 5.88. The molecule has 0 amide bonds. The molecule has 0 radical (unpaired) electrons. The Hall–Kier alpha value is -0.0501. The van der Waals surface area contributed by atoms with E-state index in [2.05, 4.69) is 31.5 Å². The maximum Gasteiger partial charge on any atom is 0.532 e. The molecule has 10 heteroatoms. The quantitative estimate of drug-likeness (QED) is 0.387. The third kappa shape index (κ3) is 9.79. The fourth-order valence-corrected chi connectivity index (χ4v) is 1.24. The van der Waals surface area contributed by atoms with Gasteiger partial charge >= 0.3 is 23.2 Å². The van der Waals surface area contributed by atoms with Crippen molar-refractivity contribution >= 4 is 54.7 Å². The molecule has 0 fully saturated rings. The second-order valence-corrected chi connectivity index (χ2v) is 7.55. The summed E-state index contributed by atoms with van der Waals surface area (Å²) < 4.78 is 10.1. The Balaban J connectivity index is 4.21. The lowest BCUT2D eigenvalue weighted by atomic mass is 10.0. The lowest BCUT2D eigenvalue weighted by Gasteiger charge is -2.21. The molecule has 0 saturated heterocycles. The van der Waals surface area contributed by atoms with Gasteiger partial charge in [0.25, 0.3) is 0 Å². The van der Waals surface area contributed by atoms with Gasteiger partial charge < -0.3 is 9.47 Å². The highest BCUT2D eigenvalue weighted by molar-refractivity contribution is 9.25. The third-order valence-corrected chi connectivity index (χ3v) is 2.46. The minimum Gasteiger partial charge on any atom is -0.465 e. The summed E-state index contributed by atoms with van der Waals surface area (Å²) in [5.41, 5.74) is -3.59. The Bertz CT molecular complexity index is 319. The smallest absolute Gasteiger partial charge is 0.465 e. The van der Waals surface area contributed by atoms with E-state index in [1.54, 1.807) is 41.5 Å². The van der Waals surface area contributed by atoms with Crippen LogP contribution in [0.15, 0.2) is 0 Å². The predicted octanol–water partition coefficient (Wildman–Crippen LogP) is 3.73. The predicted molar refractivity (Wildman–Crippen MR) is 84.0 cm³/mol. The first-order chi connectivity index (χ1) is 8.82. The molecular formula is C10H18B2Br2O6. The van der Waals surface area contributed by atoms with Crippen LogP contribution < -0.4 is 0 Å². The van der Waals surface area contributed by atoms with E-state index in [1.807, 2.05) is 0 Å². The molecule has 114 valence electrons. The summed E-state index contributed by atoms with van der Waals surface area (Å²) in [4.78, 5) is 32.6. The van der Waals surface area contributed by atoms with Gasteiger partial charge in [0.05, 0.1) is 0 Å². The number of carbonyl (C=O) groups is 2. The number of hydrogen-bond donors (Lipinski definition) is 0. The van der Waals surface area contributed by atoms with E-state index in [1.165, 1.54) is 0 Å². The molecular weight excluding hydrogens is 398 g/mol. The van der Waals surface area contributed by atoms with Crippen molar-refractivity contribution in [1.82, 2.24) is 0 Å². The molecule has 0 heterocycles. The van der Waals surface area contributed by atoms with Crippen LogP contribution in [0.3, 0.4) is 0 Å². The number of hydrogen-bond acceptors (Lipinski definition) is 6. The molecule has 0 bridgehead atoms. The Kier molecular flexibility index (Phi) is 7.80. The summed E-state index contributed by atoms with van der Waals surface area (Å²) in [6, 6.07) is 0. The number of ether oxygens (including phenoxy) is 2. The van der Waals surface area contributed by atoms with Crippen LogP contribution in [-0.2, 0) is 19.1 Å². The summed E-state index contributed by atoms with van der Waals surface area (Å²) in [6.07, 6.45) is 0. The Labute approximate surface area is 136 Å². The topological polar surface area (TPSA) is 71.1 Å². The second kappa shape index (κ2) is 7.82. The van der Waals surface area contributed by atoms with E-state index < -0.39 is 34.4 Å². The lowest BCUT2D eigenvalue weighted by Crippen LogP contribution is -2.36. The first-order valence-corrected chi connectivity index (χ1v) is 7.71. The molecule has 0 aliphatic heterocycles. The van der Waals surface area contributed by atoms with Crippen LogP contribution in [0.4, 0.5) is 9.59 Å². The van der Waals surface area contributed by atoms with Crippen molar-refractivity contribution in [2.24, 2.45) is 0 Å². The van der Waals surface area contributed by atoms with Gasteiger partial charge in [-0.1, -0.05) is 31.5 Å². The van der Waals surface area contributed by atoms with Crippen LogP contribution >= 0.6 is 31.5 Å². The molecule has 0 rings (SSSR count). The molecule has 0 aromatic heterocycles. The summed E-state index contributed by atoms with van der Waals surface area (Å²) in [7, 11) is 0. The van der Waals surface area contributed by atoms with Crippen LogP contribution in [0, 0.1) is 0 Å². The molecule has 0 aromatic rings. The summed E-state index contributed by atoms with van der Waals surface area (Å²) in [6.45, 7) is 10.3. The van der Waals surface area contributed by atoms with E-state index in [0.29, 0.717) is 0 Å². The summed E-state index contributed by atoms with van der Waals surface area (Å²) >= 11 is 5.88. The molecule has 20 heavy (non-hydrogen) atoms. The third-order valence-electron chi connectivity index (χ3n) is 1.41. The molecule has 0 aliphatic carbocycles. The molecule has 6 nitrogen and oxygen atoms in total. The fourth-order valence-electron chi connectivity index (χ4n) is 0.872. The number of rotatable bonds is 5. The van der Waals surface area contributed by atoms with Crippen molar-refractivity contribution < 1.29 is 28.7 Å². The molecule has 0 N–H and O–H groups in total. The Morgan fingerprint density at radius 2 is 1.00 bits per heavy atom. The molecule has 0 saturated carbocycles. The summed E-state index contributed by atoms with van der Waals surface area (Å²) in [5.74, 6) is -1.33. The zero-order valence-electron chi connectivity index (χ0n) is 12.4. The molecule has 0 spiro atoms. The normalized spacial score (nSPS) is 11.8. The van der Waals surface area contributed by atoms with Gasteiger partial charge in [-0.25, -0.2) is 0 Å². The zero-order valence-corrected chi connectivity index (χ0v) is 15.5. The Morgan fingerprint density at radius 3 is 1.20 bits per heavy atom. The Morgan fingerprint density at radius 1 is 0.750 bits per heavy atom. The van der Waals surface area contributed by atoms with Crippen LogP contribution in [0.25, 0.3) is 0 Å². The van der Waals surface area contributed by atoms with Crippen molar-refractivity contribution in [3.05, 3.63) is 0 Å². The van der Waals surface area contributed by atoms with E-state index in [4.69, 9.17) is 19.1 Å². The largest absolute Gasteiger partial charge is 0.532 e. The minimum absolute atomic E-state index is 0.647. The maximum atomic E-state index is 11.6. The number of carbonyl (C=O) groups excluding carboxylic acids is 2.